The molecule has 0 aromatic heterocycles. The minimum Gasteiger partial charge on any atom is -0.346 e. The van der Waals surface area contributed by atoms with Crippen LogP contribution in [0.4, 0.5) is 0 Å². The third-order valence-electron chi connectivity index (χ3n) is 4.28. The van der Waals surface area contributed by atoms with Crippen molar-refractivity contribution in [1.29, 1.82) is 0 Å². The lowest BCUT2D eigenvalue weighted by atomic mass is 9.57. The van der Waals surface area contributed by atoms with E-state index >= 15 is 0 Å². The number of fused-ring (bicyclic) bond motifs is 1. The third-order valence-corrected chi connectivity index (χ3v) is 4.28. The Kier molecular flexibility index (Phi) is 3.07. The van der Waals surface area contributed by atoms with E-state index in [0.29, 0.717) is 5.57 Å². The molecule has 1 heterocycles. The van der Waals surface area contributed by atoms with E-state index in [1.165, 1.54) is 7.11 Å². The number of hydrogen-bond acceptors (Lipinski definition) is 5. The Bertz CT molecular complexity index is 512. The van der Waals surface area contributed by atoms with Crippen LogP contribution < -0.4 is 0 Å². The summed E-state index contributed by atoms with van der Waals surface area (Å²) in [5.74, 6) is -2.00. The van der Waals surface area contributed by atoms with Crippen LogP contribution in [-0.4, -0.2) is 30.1 Å². The van der Waals surface area contributed by atoms with Crippen LogP contribution in [0.1, 0.15) is 41.5 Å². The Morgan fingerprint density at radius 2 is 1.55 bits per heavy atom. The molecular formula is C15H22O5. The number of carbonyl (C=O) groups excluding carboxylic acids is 2. The fourth-order valence-electron chi connectivity index (χ4n) is 3.10. The van der Waals surface area contributed by atoms with Crippen molar-refractivity contribution in [3.8, 4) is 0 Å². The monoisotopic (exact) mass is 282 g/mol. The second-order valence-corrected chi connectivity index (χ2v) is 7.06. The van der Waals surface area contributed by atoms with Crippen molar-refractivity contribution >= 4 is 11.6 Å². The molecule has 20 heavy (non-hydrogen) atoms. The van der Waals surface area contributed by atoms with Crippen molar-refractivity contribution in [1.82, 2.24) is 0 Å². The van der Waals surface area contributed by atoms with Crippen LogP contribution >= 0.6 is 0 Å². The highest BCUT2D eigenvalue weighted by molar-refractivity contribution is 6.19. The largest absolute Gasteiger partial charge is 0.346 e. The van der Waals surface area contributed by atoms with Crippen molar-refractivity contribution < 1.29 is 24.1 Å². The first-order valence-electron chi connectivity index (χ1n) is 6.67. The SMILES string of the molecule is CO[C@@]12OOC(C)(C)C=C1C(=O)C(C)(C)C(=O)C2(C)C. The zero-order valence-corrected chi connectivity index (χ0v) is 13.1. The van der Waals surface area contributed by atoms with Crippen LogP contribution in [0, 0.1) is 10.8 Å². The Hall–Kier alpha value is -1.04. The first-order valence-corrected chi connectivity index (χ1v) is 6.67. The highest BCUT2D eigenvalue weighted by Gasteiger charge is 2.68. The van der Waals surface area contributed by atoms with E-state index in [0.717, 1.165) is 0 Å². The molecule has 2 aliphatic rings. The van der Waals surface area contributed by atoms with Gasteiger partial charge in [-0.05, 0) is 47.6 Å². The van der Waals surface area contributed by atoms with E-state index in [1.807, 2.05) is 0 Å². The average Bonchev–Trinajstić information content (AvgIpc) is 2.34. The summed E-state index contributed by atoms with van der Waals surface area (Å²) in [6.07, 6.45) is 1.69. The maximum absolute atomic E-state index is 12.7. The van der Waals surface area contributed by atoms with Gasteiger partial charge in [-0.3, -0.25) is 9.59 Å². The number of carbonyl (C=O) groups is 2. The van der Waals surface area contributed by atoms with Crippen molar-refractivity contribution in [2.24, 2.45) is 10.8 Å². The van der Waals surface area contributed by atoms with Gasteiger partial charge in [0.2, 0.25) is 5.79 Å². The Morgan fingerprint density at radius 3 is 2.05 bits per heavy atom. The van der Waals surface area contributed by atoms with Gasteiger partial charge in [-0.2, -0.15) is 4.89 Å². The number of ether oxygens (including phenoxy) is 1. The molecule has 0 saturated heterocycles. The minimum absolute atomic E-state index is 0.225. The summed E-state index contributed by atoms with van der Waals surface area (Å²) >= 11 is 0. The zero-order chi connectivity index (χ0) is 15.6. The molecule has 112 valence electrons. The molecule has 0 aromatic carbocycles. The molecule has 1 atom stereocenters. The van der Waals surface area contributed by atoms with Gasteiger partial charge >= 0.3 is 0 Å². The zero-order valence-electron chi connectivity index (χ0n) is 13.1. The maximum Gasteiger partial charge on any atom is 0.242 e. The second kappa shape index (κ2) is 4.00. The van der Waals surface area contributed by atoms with Crippen LogP contribution in [0.25, 0.3) is 0 Å². The molecule has 5 heteroatoms. The fraction of sp³-hybridized carbons (Fsp3) is 0.733. The molecule has 1 aliphatic heterocycles. The molecule has 0 amide bonds. The van der Waals surface area contributed by atoms with E-state index in [4.69, 9.17) is 14.5 Å². The summed E-state index contributed by atoms with van der Waals surface area (Å²) in [5, 5.41) is 0. The van der Waals surface area contributed by atoms with E-state index in [9.17, 15) is 9.59 Å². The summed E-state index contributed by atoms with van der Waals surface area (Å²) in [5.41, 5.74) is -2.54. The predicted octanol–water partition coefficient (Wildman–Crippen LogP) is 2.20. The molecule has 2 rings (SSSR count). The fourth-order valence-corrected chi connectivity index (χ4v) is 3.10. The highest BCUT2D eigenvalue weighted by Crippen LogP contribution is 2.54. The van der Waals surface area contributed by atoms with Crippen LogP contribution in [0.2, 0.25) is 0 Å². The molecule has 0 unspecified atom stereocenters. The Balaban J connectivity index is 2.75. The topological polar surface area (TPSA) is 61.8 Å². The molecule has 5 nitrogen and oxygen atoms in total. The van der Waals surface area contributed by atoms with Crippen molar-refractivity contribution in [2.75, 3.05) is 7.11 Å². The summed E-state index contributed by atoms with van der Waals surface area (Å²) in [6, 6.07) is 0. The predicted molar refractivity (Wildman–Crippen MR) is 71.6 cm³/mol. The van der Waals surface area contributed by atoms with Gasteiger partial charge in [-0.1, -0.05) is 0 Å². The molecule has 0 spiro atoms. The Labute approximate surface area is 119 Å². The lowest BCUT2D eigenvalue weighted by molar-refractivity contribution is -0.466. The van der Waals surface area contributed by atoms with Gasteiger partial charge in [0, 0.05) is 7.11 Å². The molecule has 1 aliphatic carbocycles. The number of Topliss-reactive ketones (excluding diaryl/α,β-unsaturated/α-hetero) is 2. The molecule has 0 bridgehead atoms. The van der Waals surface area contributed by atoms with Crippen LogP contribution in [0.15, 0.2) is 11.6 Å². The van der Waals surface area contributed by atoms with Gasteiger partial charge in [0.1, 0.15) is 5.60 Å². The summed E-state index contributed by atoms with van der Waals surface area (Å²) in [6.45, 7) is 10.3. The lowest BCUT2D eigenvalue weighted by Gasteiger charge is -2.53. The first-order chi connectivity index (χ1) is 8.92. The van der Waals surface area contributed by atoms with Gasteiger partial charge in [0.05, 0.1) is 16.4 Å². The molecule has 0 N–H and O–H groups in total. The van der Waals surface area contributed by atoms with Crippen LogP contribution in [-0.2, 0) is 24.1 Å². The molecule has 0 aromatic rings. The first kappa shape index (κ1) is 15.4. The number of ketones is 2. The van der Waals surface area contributed by atoms with Crippen LogP contribution in [0.5, 0.6) is 0 Å². The minimum atomic E-state index is -1.49. The number of methoxy groups -OCH3 is 1. The van der Waals surface area contributed by atoms with Gasteiger partial charge in [-0.25, -0.2) is 4.89 Å². The van der Waals surface area contributed by atoms with Gasteiger partial charge in [0.25, 0.3) is 0 Å². The van der Waals surface area contributed by atoms with E-state index < -0.39 is 22.2 Å². The Morgan fingerprint density at radius 1 is 1.00 bits per heavy atom. The van der Waals surface area contributed by atoms with Gasteiger partial charge in [0.15, 0.2) is 11.6 Å². The second-order valence-electron chi connectivity index (χ2n) is 7.06. The van der Waals surface area contributed by atoms with Crippen molar-refractivity contribution in [2.45, 2.75) is 52.9 Å². The van der Waals surface area contributed by atoms with Gasteiger partial charge < -0.3 is 4.74 Å². The van der Waals surface area contributed by atoms with E-state index in [2.05, 4.69) is 0 Å². The maximum atomic E-state index is 12.7. The summed E-state index contributed by atoms with van der Waals surface area (Å²) in [4.78, 5) is 36.2. The molecule has 1 saturated carbocycles. The molecule has 1 fully saturated rings. The summed E-state index contributed by atoms with van der Waals surface area (Å²) < 4.78 is 5.47. The smallest absolute Gasteiger partial charge is 0.242 e. The third kappa shape index (κ3) is 1.66. The number of rotatable bonds is 1. The normalized spacial score (nSPS) is 34.5. The van der Waals surface area contributed by atoms with E-state index in [1.54, 1.807) is 47.6 Å². The lowest BCUT2D eigenvalue weighted by Crippen LogP contribution is -2.67. The highest BCUT2D eigenvalue weighted by atomic mass is 17.2. The van der Waals surface area contributed by atoms with Gasteiger partial charge in [-0.15, -0.1) is 0 Å². The molecular weight excluding hydrogens is 260 g/mol. The van der Waals surface area contributed by atoms with Crippen molar-refractivity contribution in [3.63, 3.8) is 0 Å². The summed E-state index contributed by atoms with van der Waals surface area (Å²) in [7, 11) is 1.41. The number of hydrogen-bond donors (Lipinski definition) is 0. The quantitative estimate of drug-likeness (QED) is 0.545. The average molecular weight is 282 g/mol. The molecule has 0 radical (unpaired) electrons. The van der Waals surface area contributed by atoms with Crippen LogP contribution in [0.3, 0.4) is 0 Å². The standard InChI is InChI=1S/C15H22O5/c1-12(2)8-9-10(16)13(3,4)11(17)14(5,6)15(9,18-7)20-19-12/h8H,1-7H3/t15-/m1/s1. The van der Waals surface area contributed by atoms with Crippen molar-refractivity contribution in [3.05, 3.63) is 11.6 Å². The van der Waals surface area contributed by atoms with E-state index in [-0.39, 0.29) is 11.6 Å².